The van der Waals surface area contributed by atoms with Crippen LogP contribution in [0.1, 0.15) is 19.3 Å². The molecule has 0 saturated heterocycles. The molecule has 7 heteroatoms. The van der Waals surface area contributed by atoms with Crippen molar-refractivity contribution in [3.05, 3.63) is 0 Å². The fraction of sp³-hybridized carbons (Fsp3) is 0.778. The van der Waals surface area contributed by atoms with Gasteiger partial charge in [0.2, 0.25) is 5.91 Å². The predicted octanol–water partition coefficient (Wildman–Crippen LogP) is -1.01. The molecule has 0 aromatic heterocycles. The number of thiol groups is 1. The van der Waals surface area contributed by atoms with Crippen LogP contribution in [0.15, 0.2) is 0 Å². The molecule has 2 atom stereocenters. The quantitative estimate of drug-likeness (QED) is 0.181. The van der Waals surface area contributed by atoms with E-state index in [1.165, 1.54) is 0 Å². The van der Waals surface area contributed by atoms with Gasteiger partial charge in [0.1, 0.15) is 0 Å². The Labute approximate surface area is 100 Å². The van der Waals surface area contributed by atoms with E-state index < -0.39 is 12.3 Å². The lowest BCUT2D eigenvalue weighted by Gasteiger charge is -2.11. The number of unbranched alkanes of at least 4 members (excludes halogenated alkanes) is 1. The monoisotopic (exact) mass is 249 g/mol. The van der Waals surface area contributed by atoms with Crippen LogP contribution >= 0.6 is 12.6 Å². The van der Waals surface area contributed by atoms with Gasteiger partial charge in [0.25, 0.3) is 6.47 Å². The summed E-state index contributed by atoms with van der Waals surface area (Å²) in [5.41, 5.74) is 10.9. The Kier molecular flexibility index (Phi) is 8.97. The maximum Gasteiger partial charge on any atom is 0.294 e. The molecule has 94 valence electrons. The van der Waals surface area contributed by atoms with E-state index in [4.69, 9.17) is 11.5 Å². The molecule has 16 heavy (non-hydrogen) atoms. The molecule has 0 heterocycles. The normalized spacial score (nSPS) is 13.9. The molecule has 5 N–H and O–H groups in total. The molecule has 0 radical (unpaired) electrons. The first-order chi connectivity index (χ1) is 7.61. The second kappa shape index (κ2) is 9.44. The van der Waals surface area contributed by atoms with Crippen molar-refractivity contribution in [3.63, 3.8) is 0 Å². The lowest BCUT2D eigenvalue weighted by molar-refractivity contribution is -0.133. The number of nitrogens with two attached hydrogens (primary N) is 2. The van der Waals surface area contributed by atoms with Crippen molar-refractivity contribution >= 4 is 25.0 Å². The van der Waals surface area contributed by atoms with Crippen LogP contribution in [0, 0.1) is 0 Å². The highest BCUT2D eigenvalue weighted by Gasteiger charge is 2.09. The van der Waals surface area contributed by atoms with Gasteiger partial charge >= 0.3 is 0 Å². The summed E-state index contributed by atoms with van der Waals surface area (Å²) >= 11 is 3.92. The van der Waals surface area contributed by atoms with Gasteiger partial charge in [0.05, 0.1) is 6.04 Å². The summed E-state index contributed by atoms with van der Waals surface area (Å²) in [6.45, 7) is 0.867. The molecular formula is C9H19N3O3S. The minimum absolute atomic E-state index is 0.205. The zero-order valence-electron chi connectivity index (χ0n) is 9.09. The van der Waals surface area contributed by atoms with Crippen molar-refractivity contribution in [3.8, 4) is 0 Å². The van der Waals surface area contributed by atoms with Crippen molar-refractivity contribution in [2.24, 2.45) is 11.5 Å². The summed E-state index contributed by atoms with van der Waals surface area (Å²) < 4.78 is 4.50. The van der Waals surface area contributed by atoms with E-state index in [1.807, 2.05) is 0 Å². The molecular weight excluding hydrogens is 230 g/mol. The maximum atomic E-state index is 11.2. The van der Waals surface area contributed by atoms with Gasteiger partial charge in [-0.15, -0.1) is 0 Å². The second-order valence-corrected chi connectivity index (χ2v) is 3.71. The lowest BCUT2D eigenvalue weighted by Crippen LogP contribution is -2.42. The first-order valence-electron chi connectivity index (χ1n) is 5.10. The average molecular weight is 249 g/mol. The van der Waals surface area contributed by atoms with Gasteiger partial charge in [-0.3, -0.25) is 15.3 Å². The van der Waals surface area contributed by atoms with Crippen LogP contribution in [0.25, 0.3) is 0 Å². The zero-order chi connectivity index (χ0) is 12.4. The fourth-order valence-corrected chi connectivity index (χ4v) is 1.20. The molecule has 0 fully saturated rings. The molecule has 0 aliphatic rings. The molecule has 0 aliphatic heterocycles. The Bertz CT molecular complexity index is 216. The van der Waals surface area contributed by atoms with Crippen molar-refractivity contribution in [1.82, 2.24) is 5.32 Å². The van der Waals surface area contributed by atoms with Gasteiger partial charge < -0.3 is 15.8 Å². The van der Waals surface area contributed by atoms with Crippen molar-refractivity contribution in [2.75, 3.05) is 12.3 Å². The van der Waals surface area contributed by atoms with E-state index in [0.29, 0.717) is 25.2 Å². The summed E-state index contributed by atoms with van der Waals surface area (Å²) in [5.74, 6) is 0.118. The summed E-state index contributed by atoms with van der Waals surface area (Å²) in [6.07, 6.45) is 1.55. The first-order valence-corrected chi connectivity index (χ1v) is 5.74. The Morgan fingerprint density at radius 2 is 2.12 bits per heavy atom. The largest absolute Gasteiger partial charge is 0.449 e. The van der Waals surface area contributed by atoms with E-state index in [9.17, 15) is 9.59 Å². The molecule has 0 unspecified atom stereocenters. The zero-order valence-corrected chi connectivity index (χ0v) is 9.99. The topological polar surface area (TPSA) is 107 Å². The van der Waals surface area contributed by atoms with Crippen molar-refractivity contribution in [1.29, 1.82) is 0 Å². The Balaban J connectivity index is 3.39. The molecule has 0 aliphatic carbocycles. The van der Waals surface area contributed by atoms with E-state index in [2.05, 4.69) is 22.7 Å². The third-order valence-electron chi connectivity index (χ3n) is 1.98. The fourth-order valence-electron chi connectivity index (χ4n) is 1.04. The molecule has 0 saturated carbocycles. The van der Waals surface area contributed by atoms with Gasteiger partial charge in [-0.2, -0.15) is 12.6 Å². The number of rotatable bonds is 9. The number of hydrogen-bond donors (Lipinski definition) is 4. The molecule has 6 nitrogen and oxygen atoms in total. The minimum atomic E-state index is -0.566. The summed E-state index contributed by atoms with van der Waals surface area (Å²) in [5, 5.41) is 2.68. The lowest BCUT2D eigenvalue weighted by atomic mass is 10.2. The van der Waals surface area contributed by atoms with Crippen LogP contribution in [-0.2, 0) is 14.3 Å². The number of nitrogens with one attached hydrogen (secondary N) is 1. The van der Waals surface area contributed by atoms with Gasteiger partial charge in [-0.1, -0.05) is 0 Å². The molecule has 0 bridgehead atoms. The van der Waals surface area contributed by atoms with Gasteiger partial charge in [0, 0.05) is 12.3 Å². The molecule has 0 aromatic carbocycles. The smallest absolute Gasteiger partial charge is 0.294 e. The Morgan fingerprint density at radius 1 is 1.44 bits per heavy atom. The van der Waals surface area contributed by atoms with Crippen LogP contribution < -0.4 is 16.8 Å². The summed E-state index contributed by atoms with van der Waals surface area (Å²) in [4.78, 5) is 21.1. The van der Waals surface area contributed by atoms with E-state index in [-0.39, 0.29) is 5.91 Å². The number of amides is 1. The minimum Gasteiger partial charge on any atom is -0.449 e. The molecule has 0 rings (SSSR count). The van der Waals surface area contributed by atoms with Crippen LogP contribution in [-0.4, -0.2) is 36.9 Å². The van der Waals surface area contributed by atoms with Crippen LogP contribution in [0.2, 0.25) is 0 Å². The SMILES string of the molecule is N[C@H](CS)C(=O)NCCCC[C@H](N)OC=O. The summed E-state index contributed by atoms with van der Waals surface area (Å²) in [6, 6.07) is -0.566. The highest BCUT2D eigenvalue weighted by molar-refractivity contribution is 7.80. The summed E-state index contributed by atoms with van der Waals surface area (Å²) in [7, 11) is 0. The van der Waals surface area contributed by atoms with Gasteiger partial charge in [-0.05, 0) is 19.3 Å². The van der Waals surface area contributed by atoms with Gasteiger partial charge in [-0.25, -0.2) is 0 Å². The Hall–Kier alpha value is -0.790. The highest BCUT2D eigenvalue weighted by atomic mass is 32.1. The molecule has 1 amide bonds. The first kappa shape index (κ1) is 15.2. The third-order valence-corrected chi connectivity index (χ3v) is 2.37. The van der Waals surface area contributed by atoms with E-state index in [0.717, 1.165) is 12.8 Å². The standard InChI is InChI=1S/C9H19N3O3S/c10-7(5-16)9(14)12-4-2-1-3-8(11)15-6-13/h6-8,16H,1-5,10-11H2,(H,12,14)/t7-,8-/m1/s1. The van der Waals surface area contributed by atoms with Gasteiger partial charge in [0.15, 0.2) is 6.23 Å². The third kappa shape index (κ3) is 7.49. The Morgan fingerprint density at radius 3 is 2.69 bits per heavy atom. The van der Waals surface area contributed by atoms with Crippen LogP contribution in [0.5, 0.6) is 0 Å². The number of carbonyl (C=O) groups excluding carboxylic acids is 2. The molecule has 0 spiro atoms. The molecule has 0 aromatic rings. The average Bonchev–Trinajstić information content (AvgIpc) is 2.27. The predicted molar refractivity (Wildman–Crippen MR) is 63.8 cm³/mol. The number of ether oxygens (including phenoxy) is 1. The maximum absolute atomic E-state index is 11.2. The second-order valence-electron chi connectivity index (χ2n) is 3.35. The van der Waals surface area contributed by atoms with E-state index >= 15 is 0 Å². The van der Waals surface area contributed by atoms with Crippen molar-refractivity contribution in [2.45, 2.75) is 31.5 Å². The van der Waals surface area contributed by atoms with E-state index in [1.54, 1.807) is 0 Å². The highest BCUT2D eigenvalue weighted by Crippen LogP contribution is 1.98. The van der Waals surface area contributed by atoms with Crippen LogP contribution in [0.4, 0.5) is 0 Å². The van der Waals surface area contributed by atoms with Crippen molar-refractivity contribution < 1.29 is 14.3 Å². The number of carbonyl (C=O) groups is 2. The number of hydrogen-bond acceptors (Lipinski definition) is 6. The van der Waals surface area contributed by atoms with Crippen LogP contribution in [0.3, 0.4) is 0 Å².